The summed E-state index contributed by atoms with van der Waals surface area (Å²) in [4.78, 5) is 12.2. The van der Waals surface area contributed by atoms with Gasteiger partial charge in [-0.15, -0.1) is 0 Å². The van der Waals surface area contributed by atoms with Crippen molar-refractivity contribution in [1.82, 2.24) is 0 Å². The smallest absolute Gasteiger partial charge is 0.154 e. The van der Waals surface area contributed by atoms with Crippen LogP contribution in [0, 0.1) is 5.92 Å². The summed E-state index contributed by atoms with van der Waals surface area (Å²) < 4.78 is 6.63. The van der Waals surface area contributed by atoms with Gasteiger partial charge in [-0.05, 0) is 30.0 Å². The van der Waals surface area contributed by atoms with Gasteiger partial charge in [0.15, 0.2) is 5.78 Å². The predicted octanol–water partition coefficient (Wildman–Crippen LogP) is 2.87. The van der Waals surface area contributed by atoms with Crippen LogP contribution in [-0.4, -0.2) is 18.4 Å². The maximum absolute atomic E-state index is 12.2. The zero-order valence-electron chi connectivity index (χ0n) is 11.4. The largest absolute Gasteiger partial charge is 0.493 e. The minimum atomic E-state index is -0.379. The molecule has 0 fully saturated rings. The molecule has 1 aliphatic rings. The van der Waals surface area contributed by atoms with Crippen LogP contribution in [0.5, 0.6) is 5.75 Å². The number of carbonyl (C=O) groups excluding carboxylic acids is 1. The highest BCUT2D eigenvalue weighted by Crippen LogP contribution is 2.33. The molecule has 0 saturated carbocycles. The van der Waals surface area contributed by atoms with Gasteiger partial charge in [0.05, 0.1) is 12.6 Å². The molecule has 0 amide bonds. The average Bonchev–Trinajstić information content (AvgIpc) is 2.75. The van der Waals surface area contributed by atoms with E-state index in [1.807, 2.05) is 6.07 Å². The number of Topliss-reactive ketones (excluding diaryl/α,β-unsaturated/α-hetero) is 1. The first kappa shape index (κ1) is 14.5. The van der Waals surface area contributed by atoms with Crippen LogP contribution in [0.4, 0.5) is 0 Å². The molecule has 4 heteroatoms. The van der Waals surface area contributed by atoms with Crippen molar-refractivity contribution in [3.8, 4) is 5.75 Å². The number of fused-ring (bicyclic) bond motifs is 1. The number of ketones is 1. The summed E-state index contributed by atoms with van der Waals surface area (Å²) >= 11 is 3.48. The molecule has 104 valence electrons. The maximum atomic E-state index is 12.2. The number of ether oxygens (including phenoxy) is 1. The Labute approximate surface area is 122 Å². The normalized spacial score (nSPS) is 15.2. The predicted molar refractivity (Wildman–Crippen MR) is 79.5 cm³/mol. The minimum Gasteiger partial charge on any atom is -0.493 e. The van der Waals surface area contributed by atoms with E-state index >= 15 is 0 Å². The molecule has 0 bridgehead atoms. The second-order valence-corrected chi connectivity index (χ2v) is 6.45. The highest BCUT2D eigenvalue weighted by molar-refractivity contribution is 9.10. The van der Waals surface area contributed by atoms with Crippen LogP contribution in [0.25, 0.3) is 0 Å². The Morgan fingerprint density at radius 2 is 2.21 bits per heavy atom. The molecule has 1 unspecified atom stereocenters. The minimum absolute atomic E-state index is 0.0875. The third-order valence-electron chi connectivity index (χ3n) is 3.33. The lowest BCUT2D eigenvalue weighted by molar-refractivity contribution is -0.120. The van der Waals surface area contributed by atoms with Crippen molar-refractivity contribution in [1.29, 1.82) is 0 Å². The van der Waals surface area contributed by atoms with Gasteiger partial charge in [-0.1, -0.05) is 29.8 Å². The fraction of sp³-hybridized carbons (Fsp3) is 0.533. The van der Waals surface area contributed by atoms with E-state index in [2.05, 4.69) is 35.8 Å². The van der Waals surface area contributed by atoms with Gasteiger partial charge < -0.3 is 10.5 Å². The number of rotatable bonds is 5. The molecule has 0 spiro atoms. The number of hydrogen-bond donors (Lipinski definition) is 1. The van der Waals surface area contributed by atoms with Gasteiger partial charge in [-0.3, -0.25) is 4.79 Å². The van der Waals surface area contributed by atoms with Crippen LogP contribution in [0.3, 0.4) is 0 Å². The van der Waals surface area contributed by atoms with E-state index in [4.69, 9.17) is 10.5 Å². The summed E-state index contributed by atoms with van der Waals surface area (Å²) in [5, 5.41) is 0. The SMILES string of the molecule is CC(C)CC(N)C(=O)Cc1cc(Br)cc2c1OCC2. The number of hydrogen-bond acceptors (Lipinski definition) is 3. The van der Waals surface area contributed by atoms with E-state index in [0.29, 0.717) is 18.9 Å². The number of benzene rings is 1. The highest BCUT2D eigenvalue weighted by Gasteiger charge is 2.22. The molecule has 0 saturated heterocycles. The van der Waals surface area contributed by atoms with Crippen molar-refractivity contribution in [2.24, 2.45) is 11.7 Å². The fourth-order valence-corrected chi connectivity index (χ4v) is 2.99. The van der Waals surface area contributed by atoms with Crippen molar-refractivity contribution in [3.05, 3.63) is 27.7 Å². The Bertz CT molecular complexity index is 485. The Hall–Kier alpha value is -0.870. The molecule has 1 aromatic carbocycles. The monoisotopic (exact) mass is 325 g/mol. The molecule has 19 heavy (non-hydrogen) atoms. The first-order chi connectivity index (χ1) is 8.97. The van der Waals surface area contributed by atoms with Crippen LogP contribution in [0.15, 0.2) is 16.6 Å². The van der Waals surface area contributed by atoms with E-state index in [1.165, 1.54) is 5.56 Å². The fourth-order valence-electron chi connectivity index (χ4n) is 2.44. The number of halogens is 1. The molecule has 2 rings (SSSR count). The second kappa shape index (κ2) is 6.06. The summed E-state index contributed by atoms with van der Waals surface area (Å²) in [6, 6.07) is 3.64. The molecular weight excluding hydrogens is 306 g/mol. The van der Waals surface area contributed by atoms with Crippen LogP contribution >= 0.6 is 15.9 Å². The maximum Gasteiger partial charge on any atom is 0.154 e. The van der Waals surface area contributed by atoms with E-state index < -0.39 is 0 Å². The average molecular weight is 326 g/mol. The van der Waals surface area contributed by atoms with E-state index in [-0.39, 0.29) is 11.8 Å². The van der Waals surface area contributed by atoms with Gasteiger partial charge >= 0.3 is 0 Å². The first-order valence-electron chi connectivity index (χ1n) is 6.69. The molecule has 0 aromatic heterocycles. The Morgan fingerprint density at radius 1 is 1.47 bits per heavy atom. The molecular formula is C15H20BrNO2. The summed E-state index contributed by atoms with van der Waals surface area (Å²) in [6.07, 6.45) is 2.00. The zero-order valence-corrected chi connectivity index (χ0v) is 13.0. The Morgan fingerprint density at radius 3 is 2.89 bits per heavy atom. The third kappa shape index (κ3) is 3.57. The van der Waals surface area contributed by atoms with Gasteiger partial charge in [0.25, 0.3) is 0 Å². The lowest BCUT2D eigenvalue weighted by Crippen LogP contribution is -2.33. The van der Waals surface area contributed by atoms with Crippen molar-refractivity contribution < 1.29 is 9.53 Å². The third-order valence-corrected chi connectivity index (χ3v) is 3.79. The van der Waals surface area contributed by atoms with Gasteiger partial charge in [0.2, 0.25) is 0 Å². The molecule has 0 radical (unpaired) electrons. The Balaban J connectivity index is 2.13. The summed E-state index contributed by atoms with van der Waals surface area (Å²) in [5.74, 6) is 1.40. The summed E-state index contributed by atoms with van der Waals surface area (Å²) in [5.41, 5.74) is 8.07. The molecule has 1 aromatic rings. The zero-order chi connectivity index (χ0) is 14.0. The van der Waals surface area contributed by atoms with Crippen molar-refractivity contribution in [3.63, 3.8) is 0 Å². The van der Waals surface area contributed by atoms with E-state index in [1.54, 1.807) is 0 Å². The second-order valence-electron chi connectivity index (χ2n) is 5.53. The van der Waals surface area contributed by atoms with E-state index in [9.17, 15) is 4.79 Å². The van der Waals surface area contributed by atoms with Crippen LogP contribution in [0.2, 0.25) is 0 Å². The van der Waals surface area contributed by atoms with Crippen LogP contribution in [-0.2, 0) is 17.6 Å². The van der Waals surface area contributed by atoms with Gasteiger partial charge in [0.1, 0.15) is 5.75 Å². The molecule has 2 N–H and O–H groups in total. The lowest BCUT2D eigenvalue weighted by atomic mass is 9.96. The lowest BCUT2D eigenvalue weighted by Gasteiger charge is -2.14. The van der Waals surface area contributed by atoms with E-state index in [0.717, 1.165) is 28.6 Å². The quantitative estimate of drug-likeness (QED) is 0.905. The summed E-state index contributed by atoms with van der Waals surface area (Å²) in [6.45, 7) is 4.85. The van der Waals surface area contributed by atoms with Crippen molar-refractivity contribution >= 4 is 21.7 Å². The molecule has 3 nitrogen and oxygen atoms in total. The van der Waals surface area contributed by atoms with Crippen LogP contribution < -0.4 is 10.5 Å². The number of carbonyl (C=O) groups is 1. The van der Waals surface area contributed by atoms with Gasteiger partial charge in [-0.25, -0.2) is 0 Å². The Kier molecular flexibility index (Phi) is 4.63. The molecule has 1 atom stereocenters. The van der Waals surface area contributed by atoms with Crippen molar-refractivity contribution in [2.75, 3.05) is 6.61 Å². The van der Waals surface area contributed by atoms with Gasteiger partial charge in [0, 0.05) is 22.9 Å². The first-order valence-corrected chi connectivity index (χ1v) is 7.49. The molecule has 1 heterocycles. The topological polar surface area (TPSA) is 52.3 Å². The molecule has 1 aliphatic heterocycles. The summed E-state index contributed by atoms with van der Waals surface area (Å²) in [7, 11) is 0. The van der Waals surface area contributed by atoms with Gasteiger partial charge in [-0.2, -0.15) is 0 Å². The molecule has 0 aliphatic carbocycles. The number of nitrogens with two attached hydrogens (primary N) is 1. The standard InChI is InChI=1S/C15H20BrNO2/c1-9(2)5-13(17)14(18)8-11-7-12(16)6-10-3-4-19-15(10)11/h6-7,9,13H,3-5,8,17H2,1-2H3. The van der Waals surface area contributed by atoms with Crippen molar-refractivity contribution in [2.45, 2.75) is 39.2 Å². The highest BCUT2D eigenvalue weighted by atomic mass is 79.9. The van der Waals surface area contributed by atoms with Crippen LogP contribution in [0.1, 0.15) is 31.4 Å².